The molecule has 0 aromatic rings. The van der Waals surface area contributed by atoms with Crippen LogP contribution in [-0.2, 0) is 9.53 Å². The first-order chi connectivity index (χ1) is 9.44. The third-order valence-electron chi connectivity index (χ3n) is 6.67. The minimum atomic E-state index is -0.411. The summed E-state index contributed by atoms with van der Waals surface area (Å²) in [6, 6.07) is 2.22. The summed E-state index contributed by atoms with van der Waals surface area (Å²) in [5.41, 5.74) is -0.230. The number of carbonyl (C=O) groups excluding carboxylic acids is 1. The number of nitrogens with zero attached hydrogens (tertiary/aromatic N) is 1. The molecular weight excluding hydrogens is 250 g/mol. The lowest BCUT2D eigenvalue weighted by molar-refractivity contribution is -0.168. The minimum absolute atomic E-state index is 0.0298. The molecule has 3 aliphatic carbocycles. The number of nitriles is 1. The number of carbonyl (C=O) groups is 1. The lowest BCUT2D eigenvalue weighted by Crippen LogP contribution is -2.56. The molecule has 20 heavy (non-hydrogen) atoms. The van der Waals surface area contributed by atoms with Crippen LogP contribution in [0.5, 0.6) is 0 Å². The standard InChI is InChI=1S/C17H21NO2/c1-15(5-3-7-18)13(19)4-6-17-9-11-8-12(14(15)17)20-16(11,2)10-17/h4,6,11-12,14H,3,5,8-10H2,1-2H3/t11?,12?,14?,15-,16?,17?/m1/s1. The van der Waals surface area contributed by atoms with Gasteiger partial charge in [0.2, 0.25) is 0 Å². The molecule has 5 rings (SSSR count). The summed E-state index contributed by atoms with van der Waals surface area (Å²) in [6.07, 6.45) is 8.66. The third kappa shape index (κ3) is 1.27. The molecule has 2 saturated carbocycles. The van der Waals surface area contributed by atoms with Crippen LogP contribution in [0.2, 0.25) is 0 Å². The third-order valence-corrected chi connectivity index (χ3v) is 6.67. The summed E-state index contributed by atoms with van der Waals surface area (Å²) in [5, 5.41) is 8.93. The molecule has 0 aromatic heterocycles. The molecule has 6 atom stereocenters. The van der Waals surface area contributed by atoms with E-state index in [1.54, 1.807) is 0 Å². The molecular formula is C17H21NO2. The molecule has 5 aliphatic rings. The van der Waals surface area contributed by atoms with E-state index >= 15 is 0 Å². The van der Waals surface area contributed by atoms with Gasteiger partial charge in [0.25, 0.3) is 0 Å². The molecule has 5 unspecified atom stereocenters. The zero-order chi connectivity index (χ0) is 14.2. The van der Waals surface area contributed by atoms with Crippen molar-refractivity contribution in [2.45, 2.75) is 57.7 Å². The van der Waals surface area contributed by atoms with Gasteiger partial charge in [0, 0.05) is 17.8 Å². The van der Waals surface area contributed by atoms with E-state index in [2.05, 4.69) is 26.0 Å². The van der Waals surface area contributed by atoms with Gasteiger partial charge in [-0.1, -0.05) is 13.0 Å². The number of ketones is 1. The Morgan fingerprint density at radius 1 is 1.50 bits per heavy atom. The van der Waals surface area contributed by atoms with Crippen molar-refractivity contribution in [3.8, 4) is 6.07 Å². The predicted molar refractivity (Wildman–Crippen MR) is 73.6 cm³/mol. The quantitative estimate of drug-likeness (QED) is 0.775. The smallest absolute Gasteiger partial charge is 0.161 e. The first kappa shape index (κ1) is 12.6. The van der Waals surface area contributed by atoms with E-state index < -0.39 is 5.41 Å². The summed E-state index contributed by atoms with van der Waals surface area (Å²) < 4.78 is 6.36. The van der Waals surface area contributed by atoms with E-state index in [-0.39, 0.29) is 28.8 Å². The summed E-state index contributed by atoms with van der Waals surface area (Å²) in [4.78, 5) is 12.5. The summed E-state index contributed by atoms with van der Waals surface area (Å²) in [7, 11) is 0. The van der Waals surface area contributed by atoms with Crippen molar-refractivity contribution in [1.29, 1.82) is 5.26 Å². The van der Waals surface area contributed by atoms with Crippen molar-refractivity contribution in [1.82, 2.24) is 0 Å². The molecule has 2 saturated heterocycles. The maximum Gasteiger partial charge on any atom is 0.161 e. The molecule has 106 valence electrons. The normalized spacial score (nSPS) is 55.0. The molecule has 4 fully saturated rings. The fourth-order valence-corrected chi connectivity index (χ4v) is 5.96. The average Bonchev–Trinajstić information content (AvgIpc) is 2.75. The molecule has 0 N–H and O–H groups in total. The molecule has 0 amide bonds. The Bertz CT molecular complexity index is 562. The highest BCUT2D eigenvalue weighted by atomic mass is 16.5. The fraction of sp³-hybridized carbons (Fsp3) is 0.765. The van der Waals surface area contributed by atoms with Gasteiger partial charge in [-0.25, -0.2) is 0 Å². The maximum absolute atomic E-state index is 12.5. The van der Waals surface area contributed by atoms with Gasteiger partial charge >= 0.3 is 0 Å². The zero-order valence-electron chi connectivity index (χ0n) is 12.2. The van der Waals surface area contributed by atoms with Crippen LogP contribution in [0.25, 0.3) is 0 Å². The van der Waals surface area contributed by atoms with Crippen LogP contribution in [-0.4, -0.2) is 17.5 Å². The van der Waals surface area contributed by atoms with Gasteiger partial charge < -0.3 is 4.74 Å². The Hall–Kier alpha value is -1.14. The Balaban J connectivity index is 1.80. The van der Waals surface area contributed by atoms with E-state index in [0.29, 0.717) is 18.8 Å². The van der Waals surface area contributed by atoms with Crippen LogP contribution in [0.1, 0.15) is 46.0 Å². The highest BCUT2D eigenvalue weighted by Gasteiger charge is 2.71. The van der Waals surface area contributed by atoms with Crippen molar-refractivity contribution >= 4 is 5.78 Å². The van der Waals surface area contributed by atoms with Crippen LogP contribution in [0.4, 0.5) is 0 Å². The highest BCUT2D eigenvalue weighted by Crippen LogP contribution is 2.71. The maximum atomic E-state index is 12.5. The minimum Gasteiger partial charge on any atom is -0.371 e. The Labute approximate surface area is 120 Å². The molecule has 3 nitrogen and oxygen atoms in total. The lowest BCUT2D eigenvalue weighted by atomic mass is 9.51. The van der Waals surface area contributed by atoms with Crippen molar-refractivity contribution in [2.24, 2.45) is 22.7 Å². The van der Waals surface area contributed by atoms with Gasteiger partial charge in [0.1, 0.15) is 0 Å². The van der Waals surface area contributed by atoms with Crippen LogP contribution in [0.15, 0.2) is 12.2 Å². The topological polar surface area (TPSA) is 50.1 Å². The zero-order valence-corrected chi connectivity index (χ0v) is 12.2. The van der Waals surface area contributed by atoms with E-state index in [1.165, 1.54) is 0 Å². The van der Waals surface area contributed by atoms with Crippen molar-refractivity contribution in [2.75, 3.05) is 0 Å². The number of hydrogen-bond acceptors (Lipinski definition) is 3. The van der Waals surface area contributed by atoms with Crippen LogP contribution in [0, 0.1) is 34.0 Å². The van der Waals surface area contributed by atoms with Gasteiger partial charge in [-0.05, 0) is 50.0 Å². The van der Waals surface area contributed by atoms with Crippen LogP contribution >= 0.6 is 0 Å². The van der Waals surface area contributed by atoms with Crippen molar-refractivity contribution < 1.29 is 9.53 Å². The molecule has 0 radical (unpaired) electrons. The molecule has 3 heteroatoms. The van der Waals surface area contributed by atoms with Crippen LogP contribution in [0.3, 0.4) is 0 Å². The Morgan fingerprint density at radius 2 is 2.30 bits per heavy atom. The number of allylic oxidation sites excluding steroid dienone is 2. The highest BCUT2D eigenvalue weighted by molar-refractivity contribution is 5.96. The summed E-state index contributed by atoms with van der Waals surface area (Å²) in [5.74, 6) is 1.13. The number of ether oxygens (including phenoxy) is 1. The fourth-order valence-electron chi connectivity index (χ4n) is 5.96. The molecule has 2 aliphatic heterocycles. The number of hydrogen-bond donors (Lipinski definition) is 0. The number of rotatable bonds is 2. The van der Waals surface area contributed by atoms with Crippen LogP contribution < -0.4 is 0 Å². The van der Waals surface area contributed by atoms with E-state index in [9.17, 15) is 4.79 Å². The molecule has 4 bridgehead atoms. The largest absolute Gasteiger partial charge is 0.371 e. The second-order valence-corrected chi connectivity index (χ2v) is 7.77. The Morgan fingerprint density at radius 3 is 3.00 bits per heavy atom. The second-order valence-electron chi connectivity index (χ2n) is 7.77. The monoisotopic (exact) mass is 271 g/mol. The summed E-state index contributed by atoms with van der Waals surface area (Å²) in [6.45, 7) is 4.32. The molecule has 1 spiro atoms. The van der Waals surface area contributed by atoms with Crippen molar-refractivity contribution in [3.63, 3.8) is 0 Å². The predicted octanol–water partition coefficient (Wildman–Crippen LogP) is 3.01. The Kier molecular flexibility index (Phi) is 2.23. The van der Waals surface area contributed by atoms with E-state index in [1.807, 2.05) is 6.08 Å². The SMILES string of the molecule is CC12CC34C=CC(=O)[C@@](C)(CCC#N)C3C(CC1C4)O2. The van der Waals surface area contributed by atoms with Gasteiger partial charge in [-0.3, -0.25) is 4.79 Å². The van der Waals surface area contributed by atoms with Gasteiger partial charge in [-0.2, -0.15) is 5.26 Å². The van der Waals surface area contributed by atoms with Gasteiger partial charge in [-0.15, -0.1) is 0 Å². The second kappa shape index (κ2) is 3.54. The average molecular weight is 271 g/mol. The van der Waals surface area contributed by atoms with E-state index in [0.717, 1.165) is 19.3 Å². The van der Waals surface area contributed by atoms with Crippen molar-refractivity contribution in [3.05, 3.63) is 12.2 Å². The van der Waals surface area contributed by atoms with Gasteiger partial charge in [0.15, 0.2) is 5.78 Å². The first-order valence-electron chi connectivity index (χ1n) is 7.72. The first-order valence-corrected chi connectivity index (χ1v) is 7.72. The summed E-state index contributed by atoms with van der Waals surface area (Å²) >= 11 is 0. The lowest BCUT2D eigenvalue weighted by Gasteiger charge is -2.55. The molecule has 2 heterocycles. The van der Waals surface area contributed by atoms with E-state index in [4.69, 9.17) is 10.00 Å². The molecule has 0 aromatic carbocycles. The van der Waals surface area contributed by atoms with Gasteiger partial charge in [0.05, 0.1) is 17.8 Å².